The molecule has 0 atom stereocenters. The van der Waals surface area contributed by atoms with Gasteiger partial charge in [0.15, 0.2) is 6.29 Å². The molecule has 1 heterocycles. The first-order valence-corrected chi connectivity index (χ1v) is 14.8. The van der Waals surface area contributed by atoms with E-state index >= 15 is 4.39 Å². The average molecular weight is 495 g/mol. The molecule has 0 amide bonds. The van der Waals surface area contributed by atoms with Crippen molar-refractivity contribution in [2.75, 3.05) is 13.2 Å². The minimum absolute atomic E-state index is 0.111. The highest BCUT2D eigenvalue weighted by molar-refractivity contribution is 5.65. The Morgan fingerprint density at radius 3 is 2.00 bits per heavy atom. The fraction of sp³-hybridized carbons (Fsp3) is 0.636. The number of rotatable bonds is 12. The van der Waals surface area contributed by atoms with E-state index in [-0.39, 0.29) is 12.1 Å². The Hall–Kier alpha value is -1.71. The highest BCUT2D eigenvalue weighted by Crippen LogP contribution is 2.39. The summed E-state index contributed by atoms with van der Waals surface area (Å²) in [6, 6.07) is 14.0. The highest BCUT2D eigenvalue weighted by Gasteiger charge is 2.24. The number of ether oxygens (including phenoxy) is 2. The Balaban J connectivity index is 1.27. The third kappa shape index (κ3) is 7.65. The van der Waals surface area contributed by atoms with E-state index in [1.54, 1.807) is 6.07 Å². The second-order valence-electron chi connectivity index (χ2n) is 11.3. The summed E-state index contributed by atoms with van der Waals surface area (Å²) in [5, 5.41) is 0. The lowest BCUT2D eigenvalue weighted by Crippen LogP contribution is -2.27. The van der Waals surface area contributed by atoms with E-state index in [1.807, 2.05) is 30.3 Å². The summed E-state index contributed by atoms with van der Waals surface area (Å²) in [5.41, 5.74) is 3.77. The van der Waals surface area contributed by atoms with Crippen LogP contribution in [-0.2, 0) is 9.47 Å². The minimum Gasteiger partial charge on any atom is -0.348 e. The van der Waals surface area contributed by atoms with Gasteiger partial charge >= 0.3 is 0 Å². The predicted octanol–water partition coefficient (Wildman–Crippen LogP) is 9.98. The maximum absolute atomic E-state index is 15.2. The Morgan fingerprint density at radius 1 is 0.694 bits per heavy atom. The van der Waals surface area contributed by atoms with Gasteiger partial charge in [0.1, 0.15) is 5.82 Å². The molecule has 0 unspecified atom stereocenters. The molecule has 2 aromatic carbocycles. The zero-order valence-corrected chi connectivity index (χ0v) is 22.7. The average Bonchev–Trinajstić information content (AvgIpc) is 2.92. The van der Waals surface area contributed by atoms with Crippen LogP contribution in [-0.4, -0.2) is 13.2 Å². The Morgan fingerprint density at radius 2 is 1.33 bits per heavy atom. The summed E-state index contributed by atoms with van der Waals surface area (Å²) < 4.78 is 27.2. The van der Waals surface area contributed by atoms with Crippen LogP contribution in [0.15, 0.2) is 42.5 Å². The van der Waals surface area contributed by atoms with Gasteiger partial charge in [-0.3, -0.25) is 0 Å². The summed E-state index contributed by atoms with van der Waals surface area (Å²) in [4.78, 5) is 0. The summed E-state index contributed by atoms with van der Waals surface area (Å²) in [6.45, 7) is 6.04. The topological polar surface area (TPSA) is 18.5 Å². The zero-order valence-electron chi connectivity index (χ0n) is 22.7. The van der Waals surface area contributed by atoms with Gasteiger partial charge in [0.2, 0.25) is 0 Å². The first-order chi connectivity index (χ1) is 17.7. The maximum Gasteiger partial charge on any atom is 0.183 e. The molecule has 36 heavy (non-hydrogen) atoms. The van der Waals surface area contributed by atoms with Crippen molar-refractivity contribution >= 4 is 0 Å². The van der Waals surface area contributed by atoms with Crippen molar-refractivity contribution in [2.24, 2.45) is 11.8 Å². The second-order valence-corrected chi connectivity index (χ2v) is 11.3. The molecule has 2 aromatic rings. The van der Waals surface area contributed by atoms with Crippen LogP contribution < -0.4 is 0 Å². The molecule has 1 aliphatic heterocycles. The monoisotopic (exact) mass is 494 g/mol. The molecule has 0 N–H and O–H groups in total. The van der Waals surface area contributed by atoms with Gasteiger partial charge in [-0.05, 0) is 61.1 Å². The van der Waals surface area contributed by atoms with Crippen molar-refractivity contribution in [3.8, 4) is 11.1 Å². The standard InChI is InChI=1S/C33H47FO2/c1-3-5-7-8-9-11-26-23-35-33(36-24-26)29-18-16-28(17-19-29)31-21-20-30(22-32(31)34)27-14-12-25(13-15-27)10-6-4-2/h16-22,25-27,33H,3-15,23-24H2,1-2H3. The molecule has 1 saturated heterocycles. The van der Waals surface area contributed by atoms with Crippen LogP contribution in [0.4, 0.5) is 4.39 Å². The number of halogens is 1. The van der Waals surface area contributed by atoms with E-state index in [0.717, 1.165) is 30.3 Å². The van der Waals surface area contributed by atoms with E-state index in [2.05, 4.69) is 19.9 Å². The molecule has 0 bridgehead atoms. The number of unbranched alkanes of at least 4 members (excludes halogenated alkanes) is 5. The molecule has 2 nitrogen and oxygen atoms in total. The van der Waals surface area contributed by atoms with Crippen LogP contribution in [0.2, 0.25) is 0 Å². The van der Waals surface area contributed by atoms with Crippen LogP contribution in [0.3, 0.4) is 0 Å². The van der Waals surface area contributed by atoms with Crippen molar-refractivity contribution < 1.29 is 13.9 Å². The Labute approximate surface area is 219 Å². The lowest BCUT2D eigenvalue weighted by Gasteiger charge is -2.30. The second kappa shape index (κ2) is 14.3. The summed E-state index contributed by atoms with van der Waals surface area (Å²) in [5.74, 6) is 1.78. The van der Waals surface area contributed by atoms with Gasteiger partial charge in [-0.2, -0.15) is 0 Å². The third-order valence-corrected chi connectivity index (χ3v) is 8.45. The van der Waals surface area contributed by atoms with Crippen molar-refractivity contribution in [1.82, 2.24) is 0 Å². The van der Waals surface area contributed by atoms with Crippen LogP contribution in [0.5, 0.6) is 0 Å². The molecule has 1 saturated carbocycles. The zero-order chi connectivity index (χ0) is 25.2. The van der Waals surface area contributed by atoms with Crippen LogP contribution in [0.1, 0.15) is 121 Å². The smallest absolute Gasteiger partial charge is 0.183 e. The summed E-state index contributed by atoms with van der Waals surface area (Å²) >= 11 is 0. The van der Waals surface area contributed by atoms with Crippen LogP contribution in [0.25, 0.3) is 11.1 Å². The number of hydrogen-bond donors (Lipinski definition) is 0. The maximum atomic E-state index is 15.2. The minimum atomic E-state index is -0.310. The van der Waals surface area contributed by atoms with Crippen molar-refractivity contribution in [2.45, 2.75) is 110 Å². The molecule has 1 aliphatic carbocycles. The number of hydrogen-bond acceptors (Lipinski definition) is 2. The highest BCUT2D eigenvalue weighted by atomic mass is 19.1. The van der Waals surface area contributed by atoms with Gasteiger partial charge in [-0.1, -0.05) is 102 Å². The van der Waals surface area contributed by atoms with Crippen LogP contribution in [0, 0.1) is 17.7 Å². The van der Waals surface area contributed by atoms with Crippen LogP contribution >= 0.6 is 0 Å². The van der Waals surface area contributed by atoms with E-state index < -0.39 is 0 Å². The van der Waals surface area contributed by atoms with E-state index in [1.165, 1.54) is 89.0 Å². The largest absolute Gasteiger partial charge is 0.348 e. The predicted molar refractivity (Wildman–Crippen MR) is 148 cm³/mol. The van der Waals surface area contributed by atoms with Crippen molar-refractivity contribution in [3.05, 3.63) is 59.4 Å². The van der Waals surface area contributed by atoms with Crippen molar-refractivity contribution in [1.29, 1.82) is 0 Å². The molecule has 4 rings (SSSR count). The first kappa shape index (κ1) is 27.3. The van der Waals surface area contributed by atoms with E-state index in [0.29, 0.717) is 17.4 Å². The Kier molecular flexibility index (Phi) is 10.8. The molecular weight excluding hydrogens is 447 g/mol. The molecule has 2 aliphatic rings. The number of benzene rings is 2. The molecule has 0 spiro atoms. The molecule has 0 aromatic heterocycles. The van der Waals surface area contributed by atoms with Gasteiger partial charge in [-0.25, -0.2) is 4.39 Å². The summed E-state index contributed by atoms with van der Waals surface area (Å²) in [7, 11) is 0. The first-order valence-electron chi connectivity index (χ1n) is 14.8. The van der Waals surface area contributed by atoms with Gasteiger partial charge in [0.25, 0.3) is 0 Å². The van der Waals surface area contributed by atoms with E-state index in [4.69, 9.17) is 9.47 Å². The quantitative estimate of drug-likeness (QED) is 0.273. The fourth-order valence-corrected chi connectivity index (χ4v) is 6.06. The normalized spacial score (nSPS) is 24.6. The molecular formula is C33H47FO2. The molecule has 0 radical (unpaired) electrons. The third-order valence-electron chi connectivity index (χ3n) is 8.45. The molecule has 3 heteroatoms. The van der Waals surface area contributed by atoms with Crippen molar-refractivity contribution in [3.63, 3.8) is 0 Å². The lowest BCUT2D eigenvalue weighted by atomic mass is 9.77. The Bertz CT molecular complexity index is 892. The van der Waals surface area contributed by atoms with Gasteiger partial charge < -0.3 is 9.47 Å². The molecule has 2 fully saturated rings. The molecule has 198 valence electrons. The van der Waals surface area contributed by atoms with Gasteiger partial charge in [-0.15, -0.1) is 0 Å². The summed E-state index contributed by atoms with van der Waals surface area (Å²) in [6.07, 6.45) is 16.4. The van der Waals surface area contributed by atoms with Gasteiger partial charge in [0, 0.05) is 17.0 Å². The van der Waals surface area contributed by atoms with Gasteiger partial charge in [0.05, 0.1) is 13.2 Å². The lowest BCUT2D eigenvalue weighted by molar-refractivity contribution is -0.206. The SMILES string of the molecule is CCCCCCCC1COC(c2ccc(-c3ccc(C4CCC(CCCC)CC4)cc3F)cc2)OC1. The fourth-order valence-electron chi connectivity index (χ4n) is 6.06. The van der Waals surface area contributed by atoms with E-state index in [9.17, 15) is 0 Å².